The summed E-state index contributed by atoms with van der Waals surface area (Å²) in [6, 6.07) is 3.13. The van der Waals surface area contributed by atoms with Gasteiger partial charge in [0.2, 0.25) is 17.5 Å². The fraction of sp³-hybridized carbons (Fsp3) is 0.303. The molecule has 0 saturated heterocycles. The molecule has 2 unspecified atom stereocenters. The predicted molar refractivity (Wildman–Crippen MR) is 184 cm³/mol. The lowest BCUT2D eigenvalue weighted by atomic mass is 10.1. The number of aromatic nitrogens is 2. The molecule has 2 aliphatic heterocycles. The Labute approximate surface area is 287 Å². The highest BCUT2D eigenvalue weighted by Crippen LogP contribution is 2.31. The van der Waals surface area contributed by atoms with Gasteiger partial charge < -0.3 is 33.4 Å². The monoisotopic (exact) mass is 708 g/mol. The van der Waals surface area contributed by atoms with E-state index in [2.05, 4.69) is 44.4 Å². The zero-order valence-electron chi connectivity index (χ0n) is 27.9. The number of amides is 4. The minimum absolute atomic E-state index is 0.0758. The van der Waals surface area contributed by atoms with Crippen molar-refractivity contribution in [3.05, 3.63) is 123 Å². The number of hydrogen-bond donors (Lipinski definition) is 6. The number of anilines is 2. The lowest BCUT2D eigenvalue weighted by Crippen LogP contribution is -2.40. The lowest BCUT2D eigenvalue weighted by Gasteiger charge is -2.27. The molecule has 0 aromatic carbocycles. The van der Waals surface area contributed by atoms with Crippen molar-refractivity contribution in [1.82, 2.24) is 20.6 Å². The molecular formula is C33H36N6O12. The van der Waals surface area contributed by atoms with Crippen molar-refractivity contribution in [3.63, 3.8) is 0 Å². The van der Waals surface area contributed by atoms with Crippen LogP contribution in [0.15, 0.2) is 80.7 Å². The quantitative estimate of drug-likeness (QED) is 0.137. The summed E-state index contributed by atoms with van der Waals surface area (Å²) >= 11 is 0. The zero-order chi connectivity index (χ0) is 37.2. The molecule has 6 N–H and O–H groups in total. The van der Waals surface area contributed by atoms with Crippen molar-refractivity contribution in [2.24, 2.45) is 0 Å². The summed E-state index contributed by atoms with van der Waals surface area (Å²) in [6.07, 6.45) is 3.69. The van der Waals surface area contributed by atoms with E-state index in [0.717, 1.165) is 11.1 Å². The van der Waals surface area contributed by atoms with Gasteiger partial charge in [0.05, 0.1) is 24.3 Å². The third-order valence-electron chi connectivity index (χ3n) is 7.30. The van der Waals surface area contributed by atoms with Crippen molar-refractivity contribution in [2.45, 2.75) is 52.5 Å². The molecule has 4 aromatic heterocycles. The van der Waals surface area contributed by atoms with Crippen LogP contribution < -0.4 is 49.4 Å². The maximum absolute atomic E-state index is 11.5. The van der Waals surface area contributed by atoms with Gasteiger partial charge >= 0.3 is 34.6 Å². The van der Waals surface area contributed by atoms with Gasteiger partial charge in [0, 0.05) is 18.2 Å². The highest BCUT2D eigenvalue weighted by atomic mass is 16.5. The van der Waals surface area contributed by atoms with E-state index in [1.54, 1.807) is 19.1 Å². The summed E-state index contributed by atoms with van der Waals surface area (Å²) in [7, 11) is 0. The van der Waals surface area contributed by atoms with Crippen LogP contribution in [-0.4, -0.2) is 35.2 Å². The number of nitrogens with one attached hydrogen (secondary N) is 6. The predicted octanol–water partition coefficient (Wildman–Crippen LogP) is 2.81. The van der Waals surface area contributed by atoms with Crippen LogP contribution in [-0.2, 0) is 28.7 Å². The topological polar surface area (TPSA) is 257 Å². The zero-order valence-corrected chi connectivity index (χ0v) is 27.9. The van der Waals surface area contributed by atoms with Gasteiger partial charge in [0.15, 0.2) is 12.5 Å². The number of carbonyl (C=O) groups is 2. The minimum atomic E-state index is -0.691. The van der Waals surface area contributed by atoms with Crippen LogP contribution in [0.25, 0.3) is 11.1 Å². The second-order valence-corrected chi connectivity index (χ2v) is 10.6. The van der Waals surface area contributed by atoms with E-state index in [9.17, 15) is 33.6 Å². The van der Waals surface area contributed by atoms with Crippen molar-refractivity contribution in [1.29, 1.82) is 0 Å². The molecule has 270 valence electrons. The average molecular weight is 709 g/mol. The number of urea groups is 2. The summed E-state index contributed by atoms with van der Waals surface area (Å²) in [5.74, 6) is 0.300. The van der Waals surface area contributed by atoms with Crippen LogP contribution in [0.5, 0.6) is 0 Å². The number of ether oxygens (including phenoxy) is 2. The first kappa shape index (κ1) is 37.5. The van der Waals surface area contributed by atoms with Gasteiger partial charge in [-0.05, 0) is 36.0 Å². The molecule has 4 aromatic rings. The molecule has 6 heterocycles. The van der Waals surface area contributed by atoms with Gasteiger partial charge in [-0.25, -0.2) is 28.8 Å². The SMILES string of the molecule is C=CCOC1NC(=O)Nc2oc(=O)cc(CC)c21.C=CCOC1NC(=O)Nc2oc(=O)cc(CC)c21.CCc1cc(=O)oc2[nH]c(=O)[nH]c(=O)c12. The first-order valence-corrected chi connectivity index (χ1v) is 15.7. The average Bonchev–Trinajstić information content (AvgIpc) is 3.08. The second kappa shape index (κ2) is 16.9. The number of rotatable bonds is 9. The molecule has 0 spiro atoms. The minimum Gasteiger partial charge on any atom is -0.406 e. The standard InChI is InChI=1S/2C12H14N2O4.C9H8N2O4/c2*1-3-5-17-10-9-7(4-2)6-8(15)18-11(9)14-12(16)13-10;1-2-4-3-5(12)15-8-6(4)7(13)10-9(14)11-8/h2*3,6,10H,1,4-5H2,2H3,(H2,13,14,16);3H,2H2,1H3,(H2,10,11,13,14). The lowest BCUT2D eigenvalue weighted by molar-refractivity contribution is 0.0529. The third-order valence-corrected chi connectivity index (χ3v) is 7.30. The van der Waals surface area contributed by atoms with Crippen LogP contribution in [0.2, 0.25) is 0 Å². The smallest absolute Gasteiger partial charge is 0.337 e. The van der Waals surface area contributed by atoms with Crippen LogP contribution >= 0.6 is 0 Å². The number of carbonyl (C=O) groups excluding carboxylic acids is 2. The van der Waals surface area contributed by atoms with E-state index in [-0.39, 0.29) is 36.1 Å². The summed E-state index contributed by atoms with van der Waals surface area (Å²) in [6.45, 7) is 13.3. The fourth-order valence-electron chi connectivity index (χ4n) is 5.14. The Morgan fingerprint density at radius 2 is 1.08 bits per heavy atom. The van der Waals surface area contributed by atoms with Crippen molar-refractivity contribution in [2.75, 3.05) is 23.8 Å². The number of H-pyrrole nitrogens is 2. The Hall–Kier alpha value is -6.27. The molecule has 0 aliphatic carbocycles. The molecule has 0 saturated carbocycles. The summed E-state index contributed by atoms with van der Waals surface area (Å²) in [4.78, 5) is 83.4. The number of hydrogen-bond acceptors (Lipinski definition) is 12. The Bertz CT molecular complexity index is 2140. The van der Waals surface area contributed by atoms with Gasteiger partial charge in [-0.3, -0.25) is 25.4 Å². The van der Waals surface area contributed by atoms with Gasteiger partial charge in [-0.1, -0.05) is 32.9 Å². The van der Waals surface area contributed by atoms with E-state index < -0.39 is 52.6 Å². The Balaban J connectivity index is 0.000000172. The maximum atomic E-state index is 11.5. The van der Waals surface area contributed by atoms with E-state index in [0.29, 0.717) is 36.0 Å². The molecule has 4 amide bonds. The highest BCUT2D eigenvalue weighted by molar-refractivity contribution is 5.91. The third kappa shape index (κ3) is 9.05. The first-order chi connectivity index (χ1) is 24.4. The molecule has 2 aliphatic rings. The highest BCUT2D eigenvalue weighted by Gasteiger charge is 2.30. The van der Waals surface area contributed by atoms with Crippen LogP contribution in [0.4, 0.5) is 21.4 Å². The largest absolute Gasteiger partial charge is 0.406 e. The Kier molecular flexibility index (Phi) is 12.4. The fourth-order valence-corrected chi connectivity index (χ4v) is 5.14. The second-order valence-electron chi connectivity index (χ2n) is 10.6. The Morgan fingerprint density at radius 3 is 1.51 bits per heavy atom. The summed E-state index contributed by atoms with van der Waals surface area (Å²) in [5, 5.41) is 10.4. The van der Waals surface area contributed by atoms with Crippen molar-refractivity contribution in [3.8, 4) is 0 Å². The molecule has 6 rings (SSSR count). The van der Waals surface area contributed by atoms with Gasteiger partial charge in [-0.2, -0.15) is 0 Å². The summed E-state index contributed by atoms with van der Waals surface area (Å²) < 4.78 is 25.6. The van der Waals surface area contributed by atoms with Gasteiger partial charge in [0.25, 0.3) is 5.56 Å². The molecule has 0 fully saturated rings. The molecule has 51 heavy (non-hydrogen) atoms. The molecular weight excluding hydrogens is 672 g/mol. The van der Waals surface area contributed by atoms with Crippen molar-refractivity contribution < 1.29 is 32.3 Å². The van der Waals surface area contributed by atoms with Crippen LogP contribution in [0, 0.1) is 0 Å². The van der Waals surface area contributed by atoms with E-state index in [1.807, 2.05) is 13.8 Å². The maximum Gasteiger partial charge on any atom is 0.337 e. The molecule has 18 nitrogen and oxygen atoms in total. The van der Waals surface area contributed by atoms with Crippen LogP contribution in [0.3, 0.4) is 0 Å². The molecule has 0 bridgehead atoms. The van der Waals surface area contributed by atoms with E-state index in [4.69, 9.17) is 22.7 Å². The number of aromatic amines is 2. The van der Waals surface area contributed by atoms with E-state index in [1.165, 1.54) is 18.2 Å². The number of fused-ring (bicyclic) bond motifs is 3. The first-order valence-electron chi connectivity index (χ1n) is 15.7. The van der Waals surface area contributed by atoms with Gasteiger partial charge in [0.1, 0.15) is 5.39 Å². The molecule has 0 radical (unpaired) electrons. The van der Waals surface area contributed by atoms with Crippen LogP contribution in [0.1, 0.15) is 61.0 Å². The normalized spacial score (nSPS) is 15.6. The molecule has 2 atom stereocenters. The van der Waals surface area contributed by atoms with Gasteiger partial charge in [-0.15, -0.1) is 13.2 Å². The number of aryl methyl sites for hydroxylation is 3. The van der Waals surface area contributed by atoms with E-state index >= 15 is 0 Å². The summed E-state index contributed by atoms with van der Waals surface area (Å²) in [5.41, 5.74) is 0.541. The van der Waals surface area contributed by atoms with Crippen molar-refractivity contribution >= 4 is 34.9 Å². The molecule has 18 heteroatoms. The Morgan fingerprint density at radius 1 is 0.647 bits per heavy atom.